The van der Waals surface area contributed by atoms with Crippen LogP contribution in [0.25, 0.3) is 11.5 Å². The summed E-state index contributed by atoms with van der Waals surface area (Å²) in [6.07, 6.45) is 3.55. The number of hydrogen-bond donors (Lipinski definition) is 2. The molecular formula is C22H29N5OS. The lowest BCUT2D eigenvalue weighted by molar-refractivity contribution is 0.572. The predicted molar refractivity (Wildman–Crippen MR) is 119 cm³/mol. The summed E-state index contributed by atoms with van der Waals surface area (Å²) >= 11 is 1.78. The quantitative estimate of drug-likeness (QED) is 0.428. The highest BCUT2D eigenvalue weighted by Gasteiger charge is 2.08. The third-order valence-electron chi connectivity index (χ3n) is 4.50. The van der Waals surface area contributed by atoms with Gasteiger partial charge in [0.05, 0.1) is 17.2 Å². The number of guanidine groups is 1. The SMILES string of the molecule is CCNC(=NCc1coc(-c2ccc(C)cc2)n1)NCCc1nc(CC)c(C)s1. The minimum atomic E-state index is 0.459. The van der Waals surface area contributed by atoms with Gasteiger partial charge in [0.2, 0.25) is 5.89 Å². The van der Waals surface area contributed by atoms with Crippen molar-refractivity contribution >= 4 is 17.3 Å². The van der Waals surface area contributed by atoms with Crippen LogP contribution in [0, 0.1) is 13.8 Å². The van der Waals surface area contributed by atoms with E-state index in [1.807, 2.05) is 12.1 Å². The average molecular weight is 412 g/mol. The fourth-order valence-electron chi connectivity index (χ4n) is 2.92. The smallest absolute Gasteiger partial charge is 0.226 e. The van der Waals surface area contributed by atoms with Crippen molar-refractivity contribution in [3.8, 4) is 11.5 Å². The van der Waals surface area contributed by atoms with Crippen molar-refractivity contribution < 1.29 is 4.42 Å². The van der Waals surface area contributed by atoms with Crippen LogP contribution in [0.15, 0.2) is 39.9 Å². The molecule has 0 spiro atoms. The zero-order valence-electron chi connectivity index (χ0n) is 17.6. The van der Waals surface area contributed by atoms with E-state index in [0.717, 1.165) is 43.1 Å². The van der Waals surface area contributed by atoms with Crippen molar-refractivity contribution in [1.29, 1.82) is 0 Å². The molecule has 2 N–H and O–H groups in total. The van der Waals surface area contributed by atoms with Crippen molar-refractivity contribution in [2.75, 3.05) is 13.1 Å². The second-order valence-electron chi connectivity index (χ2n) is 6.85. The van der Waals surface area contributed by atoms with Gasteiger partial charge in [0.1, 0.15) is 12.0 Å². The summed E-state index contributed by atoms with van der Waals surface area (Å²) in [6, 6.07) is 8.14. The van der Waals surface area contributed by atoms with Gasteiger partial charge in [-0.15, -0.1) is 11.3 Å². The zero-order chi connectivity index (χ0) is 20.6. The van der Waals surface area contributed by atoms with E-state index < -0.39 is 0 Å². The standard InChI is InChI=1S/C22H29N5OS/c1-5-19-16(4)29-20(27-19)11-12-24-22(23-6-2)25-13-18-14-28-21(26-18)17-9-7-15(3)8-10-17/h7-10,14H,5-6,11-13H2,1-4H3,(H2,23,24,25). The molecule has 0 radical (unpaired) electrons. The number of nitrogens with one attached hydrogen (secondary N) is 2. The minimum absolute atomic E-state index is 0.459. The zero-order valence-corrected chi connectivity index (χ0v) is 18.4. The summed E-state index contributed by atoms with van der Waals surface area (Å²) in [7, 11) is 0. The molecule has 6 nitrogen and oxygen atoms in total. The first-order chi connectivity index (χ1) is 14.1. The monoisotopic (exact) mass is 411 g/mol. The number of benzene rings is 1. The van der Waals surface area contributed by atoms with Crippen LogP contribution in [0.3, 0.4) is 0 Å². The molecule has 0 atom stereocenters. The Morgan fingerprint density at radius 2 is 1.90 bits per heavy atom. The Morgan fingerprint density at radius 3 is 2.59 bits per heavy atom. The Morgan fingerprint density at radius 1 is 1.10 bits per heavy atom. The van der Waals surface area contributed by atoms with E-state index in [4.69, 9.17) is 9.40 Å². The highest BCUT2D eigenvalue weighted by atomic mass is 32.1. The first kappa shape index (κ1) is 21.0. The third-order valence-corrected chi connectivity index (χ3v) is 5.57. The Balaban J connectivity index is 1.56. The number of aryl methyl sites for hydroxylation is 3. The molecule has 2 aromatic heterocycles. The van der Waals surface area contributed by atoms with Crippen molar-refractivity contribution in [2.45, 2.75) is 47.1 Å². The normalized spacial score (nSPS) is 11.7. The minimum Gasteiger partial charge on any atom is -0.444 e. The number of nitrogens with zero attached hydrogens (tertiary/aromatic N) is 3. The van der Waals surface area contributed by atoms with E-state index in [0.29, 0.717) is 12.4 Å². The molecule has 0 unspecified atom stereocenters. The molecule has 0 aliphatic rings. The fourth-order valence-corrected chi connectivity index (χ4v) is 3.94. The maximum atomic E-state index is 5.62. The van der Waals surface area contributed by atoms with E-state index in [1.165, 1.54) is 21.1 Å². The summed E-state index contributed by atoms with van der Waals surface area (Å²) < 4.78 is 5.62. The number of rotatable bonds is 8. The largest absolute Gasteiger partial charge is 0.444 e. The van der Waals surface area contributed by atoms with Gasteiger partial charge in [0.15, 0.2) is 5.96 Å². The molecule has 0 saturated carbocycles. The number of aromatic nitrogens is 2. The molecule has 0 aliphatic heterocycles. The molecule has 0 saturated heterocycles. The van der Waals surface area contributed by atoms with Gasteiger partial charge in [-0.05, 0) is 39.3 Å². The van der Waals surface area contributed by atoms with Gasteiger partial charge < -0.3 is 15.1 Å². The second kappa shape index (κ2) is 10.2. The molecule has 0 aliphatic carbocycles. The number of hydrogen-bond acceptors (Lipinski definition) is 5. The second-order valence-corrected chi connectivity index (χ2v) is 8.13. The number of aliphatic imine (C=N–C) groups is 1. The lowest BCUT2D eigenvalue weighted by atomic mass is 10.1. The van der Waals surface area contributed by atoms with Crippen LogP contribution in [0.4, 0.5) is 0 Å². The van der Waals surface area contributed by atoms with Crippen molar-refractivity contribution in [1.82, 2.24) is 20.6 Å². The van der Waals surface area contributed by atoms with Gasteiger partial charge in [-0.2, -0.15) is 0 Å². The van der Waals surface area contributed by atoms with E-state index in [9.17, 15) is 0 Å². The molecule has 1 aromatic carbocycles. The van der Waals surface area contributed by atoms with Gasteiger partial charge in [0.25, 0.3) is 0 Å². The highest BCUT2D eigenvalue weighted by molar-refractivity contribution is 7.11. The Bertz CT molecular complexity index is 943. The van der Waals surface area contributed by atoms with Gasteiger partial charge in [-0.25, -0.2) is 15.0 Å². The Labute approximate surface area is 176 Å². The lowest BCUT2D eigenvalue weighted by Crippen LogP contribution is -2.38. The fraction of sp³-hybridized carbons (Fsp3) is 0.409. The highest BCUT2D eigenvalue weighted by Crippen LogP contribution is 2.19. The summed E-state index contributed by atoms with van der Waals surface area (Å²) in [5, 5.41) is 7.82. The Kier molecular flexibility index (Phi) is 7.41. The van der Waals surface area contributed by atoms with Crippen molar-refractivity contribution in [3.05, 3.63) is 57.4 Å². The molecule has 2 heterocycles. The summed E-state index contributed by atoms with van der Waals surface area (Å²) in [5.74, 6) is 1.40. The molecule has 0 fully saturated rings. The van der Waals surface area contributed by atoms with Gasteiger partial charge >= 0.3 is 0 Å². The Hall–Kier alpha value is -2.67. The van der Waals surface area contributed by atoms with Crippen molar-refractivity contribution in [2.24, 2.45) is 4.99 Å². The van der Waals surface area contributed by atoms with Crippen LogP contribution >= 0.6 is 11.3 Å². The maximum Gasteiger partial charge on any atom is 0.226 e. The third kappa shape index (κ3) is 5.90. The van der Waals surface area contributed by atoms with Crippen LogP contribution in [0.5, 0.6) is 0 Å². The predicted octanol–water partition coefficient (Wildman–Crippen LogP) is 4.28. The molecule has 7 heteroatoms. The molecule has 0 amide bonds. The molecule has 3 rings (SSSR count). The molecule has 0 bridgehead atoms. The van der Waals surface area contributed by atoms with Crippen LogP contribution in [0.2, 0.25) is 0 Å². The van der Waals surface area contributed by atoms with E-state index in [1.54, 1.807) is 17.6 Å². The molecule has 3 aromatic rings. The van der Waals surface area contributed by atoms with E-state index >= 15 is 0 Å². The van der Waals surface area contributed by atoms with Crippen LogP contribution in [-0.2, 0) is 19.4 Å². The molecular weight excluding hydrogens is 382 g/mol. The van der Waals surface area contributed by atoms with Crippen molar-refractivity contribution in [3.63, 3.8) is 0 Å². The summed E-state index contributed by atoms with van der Waals surface area (Å²) in [6.45, 7) is 10.5. The summed E-state index contributed by atoms with van der Waals surface area (Å²) in [4.78, 5) is 15.2. The van der Waals surface area contributed by atoms with Gasteiger partial charge in [-0.1, -0.05) is 24.6 Å². The number of thiazole rings is 1. The van der Waals surface area contributed by atoms with Crippen LogP contribution < -0.4 is 10.6 Å². The summed E-state index contributed by atoms with van der Waals surface area (Å²) in [5.41, 5.74) is 4.20. The van der Waals surface area contributed by atoms with E-state index in [2.05, 4.69) is 60.4 Å². The van der Waals surface area contributed by atoms with Gasteiger partial charge in [-0.3, -0.25) is 0 Å². The number of oxazole rings is 1. The van der Waals surface area contributed by atoms with E-state index in [-0.39, 0.29) is 0 Å². The first-order valence-corrected chi connectivity index (χ1v) is 10.9. The first-order valence-electron chi connectivity index (χ1n) is 10.1. The average Bonchev–Trinajstić information content (AvgIpc) is 3.33. The maximum absolute atomic E-state index is 5.62. The van der Waals surface area contributed by atoms with Crippen LogP contribution in [0.1, 0.15) is 40.7 Å². The molecule has 154 valence electrons. The topological polar surface area (TPSA) is 75.3 Å². The lowest BCUT2D eigenvalue weighted by Gasteiger charge is -2.10. The van der Waals surface area contributed by atoms with Gasteiger partial charge in [0, 0.05) is 30.0 Å². The molecule has 29 heavy (non-hydrogen) atoms. The van der Waals surface area contributed by atoms with Crippen LogP contribution in [-0.4, -0.2) is 29.0 Å².